The second kappa shape index (κ2) is 28.4. The number of aliphatic hydroxyl groups is 1. The first kappa shape index (κ1) is 49.1. The minimum absolute atomic E-state index is 0.126. The average molecular weight is 776 g/mol. The Hall–Kier alpha value is -4.97. The fourth-order valence-electron chi connectivity index (χ4n) is 5.71. The summed E-state index contributed by atoms with van der Waals surface area (Å²) in [4.78, 5) is 53.4. The van der Waals surface area contributed by atoms with Gasteiger partial charge in [0, 0.05) is 92.8 Å². The summed E-state index contributed by atoms with van der Waals surface area (Å²) >= 11 is 0. The molecule has 2 aliphatic heterocycles. The number of aliphatic hydroxyl groups excluding tert-OH is 1. The summed E-state index contributed by atoms with van der Waals surface area (Å²) in [6.45, 7) is 10.9. The molecular weight excluding hydrogens is 717 g/mol. The van der Waals surface area contributed by atoms with Gasteiger partial charge in [0.2, 0.25) is 19.6 Å². The van der Waals surface area contributed by atoms with Crippen molar-refractivity contribution < 1.29 is 24.5 Å². The van der Waals surface area contributed by atoms with Gasteiger partial charge in [0.1, 0.15) is 12.4 Å². The van der Waals surface area contributed by atoms with Crippen LogP contribution in [0.4, 0.5) is 4.79 Å². The molecule has 5 heterocycles. The quantitative estimate of drug-likeness (QED) is 0.0933. The molecule has 2 radical (unpaired) electrons. The normalized spacial score (nSPS) is 16.5. The van der Waals surface area contributed by atoms with Crippen molar-refractivity contribution in [2.45, 2.75) is 90.4 Å². The Bertz CT molecular complexity index is 1560. The molecule has 16 nitrogen and oxygen atoms in total. The third kappa shape index (κ3) is 22.4. The molecule has 2 fully saturated rings. The summed E-state index contributed by atoms with van der Waals surface area (Å²) < 4.78 is 0. The number of nitrogens with one attached hydrogen (secondary N) is 1. The highest BCUT2D eigenvalue weighted by molar-refractivity contribution is 6.56. The predicted octanol–water partition coefficient (Wildman–Crippen LogP) is 4.84. The Labute approximate surface area is 331 Å². The molecule has 4 atom stereocenters. The minimum atomic E-state index is -1.07. The summed E-state index contributed by atoms with van der Waals surface area (Å²) in [5.41, 5.74) is 13.5. The number of nitro groups is 2. The number of rotatable bonds is 10. The molecule has 17 heteroatoms. The van der Waals surface area contributed by atoms with Crippen LogP contribution in [-0.2, 0) is 0 Å². The molecular formula is C39H58BN9O7. The summed E-state index contributed by atoms with van der Waals surface area (Å²) in [5, 5.41) is 33.4. The molecule has 5 rings (SSSR count). The van der Waals surface area contributed by atoms with E-state index in [0.29, 0.717) is 23.1 Å². The first-order valence-corrected chi connectivity index (χ1v) is 18.7. The molecule has 2 saturated heterocycles. The Morgan fingerprint density at radius 3 is 1.66 bits per heavy atom. The van der Waals surface area contributed by atoms with Crippen molar-refractivity contribution in [1.82, 2.24) is 25.2 Å². The molecule has 3 aromatic heterocycles. The van der Waals surface area contributed by atoms with E-state index in [1.165, 1.54) is 64.7 Å². The van der Waals surface area contributed by atoms with Crippen LogP contribution in [0.2, 0.25) is 0 Å². The number of piperidine rings is 2. The van der Waals surface area contributed by atoms with Gasteiger partial charge in [-0.1, -0.05) is 0 Å². The third-order valence-electron chi connectivity index (χ3n) is 8.84. The number of allylic oxidation sites excluding steroid dienone is 1. The second-order valence-corrected chi connectivity index (χ2v) is 13.9. The predicted molar refractivity (Wildman–Crippen MR) is 218 cm³/mol. The third-order valence-corrected chi connectivity index (χ3v) is 8.84. The molecule has 304 valence electrons. The molecule has 2 aliphatic rings. The highest BCUT2D eigenvalue weighted by Crippen LogP contribution is 2.21. The number of nitrogens with zero attached hydrogens (tertiary/aromatic N) is 6. The first-order chi connectivity index (χ1) is 26.6. The number of amides is 1. The maximum atomic E-state index is 10.8. The van der Waals surface area contributed by atoms with Gasteiger partial charge in [0.05, 0.1) is 4.92 Å². The van der Waals surface area contributed by atoms with Crippen LogP contribution in [0.1, 0.15) is 93.8 Å². The van der Waals surface area contributed by atoms with Gasteiger partial charge < -0.3 is 26.8 Å². The van der Waals surface area contributed by atoms with E-state index < -0.39 is 22.0 Å². The van der Waals surface area contributed by atoms with E-state index in [2.05, 4.69) is 27.2 Å². The number of nitrogens with two attached hydrogens (primary N) is 2. The van der Waals surface area contributed by atoms with Gasteiger partial charge in [0.25, 0.3) is 0 Å². The Morgan fingerprint density at radius 2 is 1.29 bits per heavy atom. The van der Waals surface area contributed by atoms with E-state index >= 15 is 0 Å². The molecule has 1 amide bonds. The van der Waals surface area contributed by atoms with Crippen molar-refractivity contribution >= 4 is 26.0 Å². The van der Waals surface area contributed by atoms with Crippen LogP contribution in [0.25, 0.3) is 6.08 Å². The van der Waals surface area contributed by atoms with Crippen LogP contribution in [0.5, 0.6) is 0 Å². The number of pyridine rings is 3. The number of carbonyl (C=O) groups excluding carboxylic acids is 2. The van der Waals surface area contributed by atoms with Crippen molar-refractivity contribution in [1.29, 1.82) is 0 Å². The van der Waals surface area contributed by atoms with E-state index in [0.717, 1.165) is 50.1 Å². The number of hydrogen-bond acceptors (Lipinski definition) is 13. The molecule has 56 heavy (non-hydrogen) atoms. The molecule has 3 aromatic rings. The van der Waals surface area contributed by atoms with E-state index in [4.69, 9.17) is 19.3 Å². The van der Waals surface area contributed by atoms with Gasteiger partial charge in [-0.05, 0) is 125 Å². The second-order valence-electron chi connectivity index (χ2n) is 13.9. The van der Waals surface area contributed by atoms with E-state index in [-0.39, 0.29) is 17.5 Å². The maximum absolute atomic E-state index is 10.8. The van der Waals surface area contributed by atoms with Crippen LogP contribution in [0.15, 0.2) is 79.3 Å². The Kier molecular flexibility index (Phi) is 24.9. The molecule has 0 aliphatic carbocycles. The van der Waals surface area contributed by atoms with Gasteiger partial charge in [-0.2, -0.15) is 0 Å². The summed E-state index contributed by atoms with van der Waals surface area (Å²) in [6, 6.07) is 9.53. The number of hydrogen-bond donors (Lipinski definition) is 4. The SMILES string of the molecule is C/C(=C/c1ccncc1)[N+](=O)[O-].CC(C(O)c1ccncc1)[N+](=O)[O-].CC(N)CC1CCNCC1.O=Cc1ccncc1.[B]C(=O)N1CCC(CC(C)N)CC1. The lowest BCUT2D eigenvalue weighted by Gasteiger charge is -2.32. The molecule has 0 aromatic carbocycles. The van der Waals surface area contributed by atoms with Crippen molar-refractivity contribution in [3.05, 3.63) is 116 Å². The lowest BCUT2D eigenvalue weighted by Crippen LogP contribution is -2.38. The van der Waals surface area contributed by atoms with Gasteiger partial charge in [-0.25, -0.2) is 0 Å². The monoisotopic (exact) mass is 775 g/mol. The lowest BCUT2D eigenvalue weighted by molar-refractivity contribution is -0.531. The molecule has 4 unspecified atom stereocenters. The van der Waals surface area contributed by atoms with Crippen LogP contribution in [0.3, 0.4) is 0 Å². The van der Waals surface area contributed by atoms with Crippen LogP contribution < -0.4 is 16.8 Å². The highest BCUT2D eigenvalue weighted by atomic mass is 16.6. The van der Waals surface area contributed by atoms with Gasteiger partial charge in [0.15, 0.2) is 5.81 Å². The zero-order valence-corrected chi connectivity index (χ0v) is 32.9. The molecule has 0 saturated carbocycles. The fraction of sp³-hybridized carbons (Fsp3) is 0.513. The number of likely N-dealkylation sites (tertiary alicyclic amines) is 1. The maximum Gasteiger partial charge on any atom is 0.243 e. The van der Waals surface area contributed by atoms with Gasteiger partial charge >= 0.3 is 0 Å². The first-order valence-electron chi connectivity index (χ1n) is 18.7. The fourth-order valence-corrected chi connectivity index (χ4v) is 5.71. The number of carbonyl (C=O) groups is 2. The topological polar surface area (TPSA) is 247 Å². The van der Waals surface area contributed by atoms with Crippen LogP contribution >= 0.6 is 0 Å². The minimum Gasteiger partial charge on any atom is -0.381 e. The Balaban J connectivity index is 0.000000353. The van der Waals surface area contributed by atoms with Crippen molar-refractivity contribution in [3.63, 3.8) is 0 Å². The largest absolute Gasteiger partial charge is 0.381 e. The molecule has 0 spiro atoms. The van der Waals surface area contributed by atoms with Crippen LogP contribution in [0, 0.1) is 32.1 Å². The summed E-state index contributed by atoms with van der Waals surface area (Å²) in [5.74, 6) is 1.27. The zero-order valence-electron chi connectivity index (χ0n) is 32.9. The lowest BCUT2D eigenvalue weighted by atomic mass is 9.90. The van der Waals surface area contributed by atoms with Crippen molar-refractivity contribution in [3.8, 4) is 0 Å². The van der Waals surface area contributed by atoms with Gasteiger partial charge in [-0.3, -0.25) is 44.8 Å². The van der Waals surface area contributed by atoms with Crippen molar-refractivity contribution in [2.75, 3.05) is 26.2 Å². The van der Waals surface area contributed by atoms with E-state index in [1.807, 2.05) is 6.92 Å². The molecule has 0 bridgehead atoms. The average Bonchev–Trinajstić information content (AvgIpc) is 3.19. The molecule has 6 N–H and O–H groups in total. The van der Waals surface area contributed by atoms with E-state index in [9.17, 15) is 34.9 Å². The standard InChI is InChI=1S/C9H17BN2O.C8H10N2O3.C8H8N2O2.C8H18N2.C6H5NO/c1-7(11)6-8-2-4-12(5-3-8)9(10)13;1-6(10(12)13)8(11)7-2-4-9-5-3-7;1-7(10(11)12)6-8-2-4-9-5-3-8;1-7(9)6-8-2-4-10-5-3-8;8-5-6-1-3-7-4-2-6/h7-8H,2-6,11H2,1H3;2-6,8,11H,1H3;2-6H,1H3;7-8,10H,2-6,9H2,1H3;1-5H/b;;7-6-;;. The van der Waals surface area contributed by atoms with E-state index in [1.54, 1.807) is 66.1 Å². The van der Waals surface area contributed by atoms with Crippen molar-refractivity contribution in [2.24, 2.45) is 23.3 Å². The zero-order chi connectivity index (χ0) is 41.9. The van der Waals surface area contributed by atoms with Gasteiger partial charge in [-0.15, -0.1) is 0 Å². The summed E-state index contributed by atoms with van der Waals surface area (Å²) in [6.07, 6.45) is 17.6. The summed E-state index contributed by atoms with van der Waals surface area (Å²) in [7, 11) is 5.18. The number of aromatic nitrogens is 3. The smallest absolute Gasteiger partial charge is 0.243 e. The Morgan fingerprint density at radius 1 is 0.857 bits per heavy atom. The highest BCUT2D eigenvalue weighted by Gasteiger charge is 2.25. The number of aldehydes is 1. The van der Waals surface area contributed by atoms with Crippen LogP contribution in [-0.4, -0.2) is 99.0 Å².